The molecule has 0 spiro atoms. The Labute approximate surface area is 128 Å². The van der Waals surface area contributed by atoms with E-state index >= 15 is 0 Å². The molecule has 0 aliphatic heterocycles. The molecule has 0 saturated carbocycles. The van der Waals surface area contributed by atoms with Crippen LogP contribution in [0.25, 0.3) is 0 Å². The molecule has 2 aromatic rings. The van der Waals surface area contributed by atoms with Crippen molar-refractivity contribution in [3.63, 3.8) is 0 Å². The molecular formula is C16H17ClN2O2. The summed E-state index contributed by atoms with van der Waals surface area (Å²) < 4.78 is 5.23. The molecule has 0 fully saturated rings. The van der Waals surface area contributed by atoms with Gasteiger partial charge in [-0.2, -0.15) is 0 Å². The number of aryl methyl sites for hydroxylation is 1. The molecule has 0 atom stereocenters. The van der Waals surface area contributed by atoms with E-state index in [-0.39, 0.29) is 0 Å². The highest BCUT2D eigenvalue weighted by Gasteiger charge is 2.07. The van der Waals surface area contributed by atoms with Crippen molar-refractivity contribution in [2.45, 2.75) is 13.5 Å². The number of anilines is 1. The van der Waals surface area contributed by atoms with Gasteiger partial charge >= 0.3 is 0 Å². The molecule has 0 unspecified atom stereocenters. The quantitative estimate of drug-likeness (QED) is 0.890. The number of hydrogen-bond acceptors (Lipinski definition) is 3. The molecule has 0 bridgehead atoms. The molecular weight excluding hydrogens is 288 g/mol. The fourth-order valence-corrected chi connectivity index (χ4v) is 2.29. The van der Waals surface area contributed by atoms with Crippen molar-refractivity contribution >= 4 is 23.2 Å². The standard InChI is InChI=1S/C16H17ClN2O2/c1-10-7-11(3-6-15(10)21-2)9-19-12-4-5-14(17)13(8-12)16(18)20/h3-8,19H,9H2,1-2H3,(H2,18,20). The second-order valence-electron chi connectivity index (χ2n) is 4.72. The average molecular weight is 305 g/mol. The van der Waals surface area contributed by atoms with Crippen molar-refractivity contribution in [2.75, 3.05) is 12.4 Å². The van der Waals surface area contributed by atoms with E-state index in [1.807, 2.05) is 25.1 Å². The third-order valence-electron chi connectivity index (χ3n) is 3.19. The van der Waals surface area contributed by atoms with Crippen LogP contribution in [0.15, 0.2) is 36.4 Å². The molecule has 0 aromatic heterocycles. The van der Waals surface area contributed by atoms with Crippen LogP contribution >= 0.6 is 11.6 Å². The molecule has 3 N–H and O–H groups in total. The molecule has 2 rings (SSSR count). The largest absolute Gasteiger partial charge is 0.496 e. The summed E-state index contributed by atoms with van der Waals surface area (Å²) in [6, 6.07) is 11.1. The zero-order chi connectivity index (χ0) is 15.4. The number of nitrogens with one attached hydrogen (secondary N) is 1. The third-order valence-corrected chi connectivity index (χ3v) is 3.52. The van der Waals surface area contributed by atoms with Crippen molar-refractivity contribution in [2.24, 2.45) is 5.73 Å². The minimum absolute atomic E-state index is 0.313. The van der Waals surface area contributed by atoms with Crippen molar-refractivity contribution in [1.82, 2.24) is 0 Å². The molecule has 1 amide bonds. The number of carbonyl (C=O) groups is 1. The molecule has 2 aromatic carbocycles. The highest BCUT2D eigenvalue weighted by atomic mass is 35.5. The van der Waals surface area contributed by atoms with Gasteiger partial charge in [-0.05, 0) is 42.3 Å². The van der Waals surface area contributed by atoms with E-state index in [0.717, 1.165) is 22.6 Å². The highest BCUT2D eigenvalue weighted by molar-refractivity contribution is 6.33. The van der Waals surface area contributed by atoms with E-state index in [1.54, 1.807) is 19.2 Å². The van der Waals surface area contributed by atoms with Gasteiger partial charge in [0.15, 0.2) is 0 Å². The van der Waals surface area contributed by atoms with E-state index in [4.69, 9.17) is 22.1 Å². The molecule has 0 aliphatic rings. The highest BCUT2D eigenvalue weighted by Crippen LogP contribution is 2.22. The number of methoxy groups -OCH3 is 1. The smallest absolute Gasteiger partial charge is 0.250 e. The summed E-state index contributed by atoms with van der Waals surface area (Å²) in [6.07, 6.45) is 0. The first kappa shape index (κ1) is 15.2. The van der Waals surface area contributed by atoms with Gasteiger partial charge in [-0.15, -0.1) is 0 Å². The van der Waals surface area contributed by atoms with E-state index in [1.165, 1.54) is 0 Å². The molecule has 110 valence electrons. The first-order chi connectivity index (χ1) is 10.0. The summed E-state index contributed by atoms with van der Waals surface area (Å²) in [5.74, 6) is 0.324. The van der Waals surface area contributed by atoms with Gasteiger partial charge in [0.1, 0.15) is 5.75 Å². The van der Waals surface area contributed by atoms with Gasteiger partial charge in [0.25, 0.3) is 0 Å². The van der Waals surface area contributed by atoms with Crippen molar-refractivity contribution in [1.29, 1.82) is 0 Å². The Morgan fingerprint density at radius 3 is 2.67 bits per heavy atom. The van der Waals surface area contributed by atoms with E-state index in [9.17, 15) is 4.79 Å². The van der Waals surface area contributed by atoms with Crippen molar-refractivity contribution in [3.05, 3.63) is 58.1 Å². The summed E-state index contributed by atoms with van der Waals surface area (Å²) in [5, 5.41) is 3.60. The lowest BCUT2D eigenvalue weighted by molar-refractivity contribution is 0.100. The maximum atomic E-state index is 11.3. The number of nitrogens with two attached hydrogens (primary N) is 1. The Bertz CT molecular complexity index is 671. The number of primary amides is 1. The SMILES string of the molecule is COc1ccc(CNc2ccc(Cl)c(C(N)=O)c2)cc1C. The van der Waals surface area contributed by atoms with Crippen LogP contribution < -0.4 is 15.8 Å². The Kier molecular flexibility index (Phi) is 4.70. The molecule has 5 heteroatoms. The summed E-state index contributed by atoms with van der Waals surface area (Å²) in [5.41, 5.74) is 8.57. The molecule has 0 radical (unpaired) electrons. The van der Waals surface area contributed by atoms with Crippen LogP contribution in [-0.4, -0.2) is 13.0 Å². The number of benzene rings is 2. The van der Waals surface area contributed by atoms with E-state index < -0.39 is 5.91 Å². The van der Waals surface area contributed by atoms with Crippen LogP contribution in [-0.2, 0) is 6.54 Å². The van der Waals surface area contributed by atoms with Crippen molar-refractivity contribution < 1.29 is 9.53 Å². The van der Waals surface area contributed by atoms with Gasteiger partial charge < -0.3 is 15.8 Å². The molecule has 0 aliphatic carbocycles. The van der Waals surface area contributed by atoms with Crippen LogP contribution in [0.4, 0.5) is 5.69 Å². The number of halogens is 1. The second kappa shape index (κ2) is 6.50. The zero-order valence-corrected chi connectivity index (χ0v) is 12.7. The van der Waals surface area contributed by atoms with Gasteiger partial charge in [0.2, 0.25) is 5.91 Å². The Morgan fingerprint density at radius 2 is 2.05 bits per heavy atom. The normalized spacial score (nSPS) is 10.2. The predicted molar refractivity (Wildman–Crippen MR) is 85.0 cm³/mol. The second-order valence-corrected chi connectivity index (χ2v) is 5.12. The molecule has 21 heavy (non-hydrogen) atoms. The monoisotopic (exact) mass is 304 g/mol. The van der Waals surface area contributed by atoms with E-state index in [2.05, 4.69) is 11.4 Å². The number of rotatable bonds is 5. The lowest BCUT2D eigenvalue weighted by atomic mass is 10.1. The maximum Gasteiger partial charge on any atom is 0.250 e. The summed E-state index contributed by atoms with van der Waals surface area (Å²) >= 11 is 5.92. The third kappa shape index (κ3) is 3.67. The van der Waals surface area contributed by atoms with Gasteiger partial charge in [-0.3, -0.25) is 4.79 Å². The summed E-state index contributed by atoms with van der Waals surface area (Å²) in [4.78, 5) is 11.3. The Hall–Kier alpha value is -2.20. The van der Waals surface area contributed by atoms with Crippen LogP contribution in [0.5, 0.6) is 5.75 Å². The Morgan fingerprint density at radius 1 is 1.29 bits per heavy atom. The molecule has 0 saturated heterocycles. The van der Waals surface area contributed by atoms with E-state index in [0.29, 0.717) is 17.1 Å². The number of ether oxygens (including phenoxy) is 1. The summed E-state index contributed by atoms with van der Waals surface area (Å²) in [6.45, 7) is 2.63. The lowest BCUT2D eigenvalue weighted by Crippen LogP contribution is -2.12. The van der Waals surface area contributed by atoms with Crippen LogP contribution in [0, 0.1) is 6.92 Å². The molecule has 0 heterocycles. The number of carbonyl (C=O) groups excluding carboxylic acids is 1. The zero-order valence-electron chi connectivity index (χ0n) is 11.9. The predicted octanol–water partition coefficient (Wildman–Crippen LogP) is 3.37. The molecule has 4 nitrogen and oxygen atoms in total. The Balaban J connectivity index is 2.11. The van der Waals surface area contributed by atoms with Gasteiger partial charge in [0.05, 0.1) is 17.7 Å². The van der Waals surface area contributed by atoms with Gasteiger partial charge in [-0.1, -0.05) is 23.7 Å². The van der Waals surface area contributed by atoms with Crippen LogP contribution in [0.1, 0.15) is 21.5 Å². The summed E-state index contributed by atoms with van der Waals surface area (Å²) in [7, 11) is 1.65. The van der Waals surface area contributed by atoms with Gasteiger partial charge in [-0.25, -0.2) is 0 Å². The van der Waals surface area contributed by atoms with Crippen molar-refractivity contribution in [3.8, 4) is 5.75 Å². The average Bonchev–Trinajstić information content (AvgIpc) is 2.46. The number of hydrogen-bond donors (Lipinski definition) is 2. The first-order valence-electron chi connectivity index (χ1n) is 6.48. The number of amides is 1. The van der Waals surface area contributed by atoms with Gasteiger partial charge in [0, 0.05) is 12.2 Å². The first-order valence-corrected chi connectivity index (χ1v) is 6.86. The topological polar surface area (TPSA) is 64.3 Å². The fraction of sp³-hybridized carbons (Fsp3) is 0.188. The minimum atomic E-state index is -0.538. The fourth-order valence-electron chi connectivity index (χ4n) is 2.08. The lowest BCUT2D eigenvalue weighted by Gasteiger charge is -2.10. The maximum absolute atomic E-state index is 11.3. The van der Waals surface area contributed by atoms with Crippen LogP contribution in [0.2, 0.25) is 5.02 Å². The van der Waals surface area contributed by atoms with Crippen LogP contribution in [0.3, 0.4) is 0 Å². The minimum Gasteiger partial charge on any atom is -0.496 e.